The van der Waals surface area contributed by atoms with E-state index in [0.29, 0.717) is 29.1 Å². The van der Waals surface area contributed by atoms with Gasteiger partial charge in [0.15, 0.2) is 5.78 Å². The van der Waals surface area contributed by atoms with Crippen LogP contribution in [-0.4, -0.2) is 46.3 Å². The molecule has 0 N–H and O–H groups in total. The van der Waals surface area contributed by atoms with Crippen LogP contribution in [0.2, 0.25) is 0 Å². The molecule has 6 heteroatoms. The summed E-state index contributed by atoms with van der Waals surface area (Å²) < 4.78 is 6.78. The SMILES string of the molecule is C=CCN(C(=O)C(C)C)C(C)C(=O)c1c(C)c(C(=O)OCC)n(C)c1C. The second kappa shape index (κ2) is 8.83. The molecule has 0 spiro atoms. The van der Waals surface area contributed by atoms with Gasteiger partial charge in [0, 0.05) is 30.8 Å². The summed E-state index contributed by atoms with van der Waals surface area (Å²) in [6.45, 7) is 14.8. The Hall–Kier alpha value is -2.37. The Kier molecular flexibility index (Phi) is 7.36. The van der Waals surface area contributed by atoms with E-state index >= 15 is 0 Å². The summed E-state index contributed by atoms with van der Waals surface area (Å²) in [7, 11) is 1.73. The van der Waals surface area contributed by atoms with Crippen LogP contribution in [0.3, 0.4) is 0 Å². The maximum absolute atomic E-state index is 13.2. The first-order valence-electron chi connectivity index (χ1n) is 8.88. The van der Waals surface area contributed by atoms with E-state index < -0.39 is 12.0 Å². The number of hydrogen-bond donors (Lipinski definition) is 0. The lowest BCUT2D eigenvalue weighted by molar-refractivity contribution is -0.135. The molecule has 0 aromatic carbocycles. The molecule has 1 aromatic rings. The van der Waals surface area contributed by atoms with Crippen molar-refractivity contribution in [2.45, 2.75) is 47.6 Å². The van der Waals surface area contributed by atoms with Crippen molar-refractivity contribution >= 4 is 17.7 Å². The van der Waals surface area contributed by atoms with Crippen LogP contribution < -0.4 is 0 Å². The molecule has 0 aliphatic carbocycles. The van der Waals surface area contributed by atoms with E-state index in [-0.39, 0.29) is 24.2 Å². The van der Waals surface area contributed by atoms with Gasteiger partial charge in [0.05, 0.1) is 12.6 Å². The maximum Gasteiger partial charge on any atom is 0.355 e. The highest BCUT2D eigenvalue weighted by molar-refractivity contribution is 6.06. The molecule has 1 atom stereocenters. The highest BCUT2D eigenvalue weighted by Gasteiger charge is 2.32. The molecule has 0 radical (unpaired) electrons. The molecule has 0 aliphatic heterocycles. The number of hydrogen-bond acceptors (Lipinski definition) is 4. The molecule has 1 rings (SSSR count). The molecule has 1 unspecified atom stereocenters. The lowest BCUT2D eigenvalue weighted by Gasteiger charge is -2.29. The lowest BCUT2D eigenvalue weighted by Crippen LogP contribution is -2.45. The van der Waals surface area contributed by atoms with Crippen LogP contribution in [-0.2, 0) is 16.6 Å². The summed E-state index contributed by atoms with van der Waals surface area (Å²) in [5.41, 5.74) is 2.09. The standard InChI is InChI=1S/C20H30N2O4/c1-9-11-22(19(24)12(3)4)15(7)18(23)16-13(5)17(20(25)26-10-2)21(8)14(16)6/h9,12,15H,1,10-11H2,2-8H3. The number of rotatable bonds is 8. The Labute approximate surface area is 155 Å². The fourth-order valence-electron chi connectivity index (χ4n) is 3.09. The van der Waals surface area contributed by atoms with Gasteiger partial charge in [0.2, 0.25) is 5.91 Å². The molecule has 0 fully saturated rings. The van der Waals surface area contributed by atoms with Gasteiger partial charge in [-0.25, -0.2) is 4.79 Å². The van der Waals surface area contributed by atoms with Crippen LogP contribution in [0.1, 0.15) is 59.8 Å². The number of carbonyl (C=O) groups excluding carboxylic acids is 3. The van der Waals surface area contributed by atoms with Crippen LogP contribution in [0.15, 0.2) is 12.7 Å². The van der Waals surface area contributed by atoms with E-state index in [9.17, 15) is 14.4 Å². The van der Waals surface area contributed by atoms with Crippen molar-refractivity contribution in [3.05, 3.63) is 35.2 Å². The van der Waals surface area contributed by atoms with Crippen LogP contribution in [0.4, 0.5) is 0 Å². The molecule has 144 valence electrons. The van der Waals surface area contributed by atoms with Gasteiger partial charge in [-0.2, -0.15) is 0 Å². The van der Waals surface area contributed by atoms with Gasteiger partial charge >= 0.3 is 5.97 Å². The third-order valence-electron chi connectivity index (χ3n) is 4.60. The normalized spacial score (nSPS) is 12.0. The van der Waals surface area contributed by atoms with Crippen molar-refractivity contribution in [3.63, 3.8) is 0 Å². The molecule has 0 bridgehead atoms. The number of carbonyl (C=O) groups is 3. The van der Waals surface area contributed by atoms with Crippen molar-refractivity contribution in [1.29, 1.82) is 0 Å². The van der Waals surface area contributed by atoms with E-state index in [1.54, 1.807) is 59.2 Å². The molecule has 0 aliphatic rings. The number of Topliss-reactive ketones (excluding diaryl/α,β-unsaturated/α-hetero) is 1. The predicted octanol–water partition coefficient (Wildman–Crippen LogP) is 3.06. The summed E-state index contributed by atoms with van der Waals surface area (Å²) in [6, 6.07) is -0.655. The van der Waals surface area contributed by atoms with Gasteiger partial charge < -0.3 is 14.2 Å². The topological polar surface area (TPSA) is 68.6 Å². The van der Waals surface area contributed by atoms with Crippen molar-refractivity contribution in [1.82, 2.24) is 9.47 Å². The summed E-state index contributed by atoms with van der Waals surface area (Å²) in [5, 5.41) is 0. The minimum atomic E-state index is -0.655. The highest BCUT2D eigenvalue weighted by atomic mass is 16.5. The predicted molar refractivity (Wildman–Crippen MR) is 101 cm³/mol. The Morgan fingerprint density at radius 3 is 2.27 bits per heavy atom. The third kappa shape index (κ3) is 4.06. The van der Waals surface area contributed by atoms with E-state index in [4.69, 9.17) is 4.74 Å². The van der Waals surface area contributed by atoms with E-state index in [1.807, 2.05) is 0 Å². The first-order valence-corrected chi connectivity index (χ1v) is 8.88. The van der Waals surface area contributed by atoms with Crippen molar-refractivity contribution in [2.24, 2.45) is 13.0 Å². The van der Waals surface area contributed by atoms with E-state index in [0.717, 1.165) is 0 Å². The molecular formula is C20H30N2O4. The van der Waals surface area contributed by atoms with Crippen molar-refractivity contribution < 1.29 is 19.1 Å². The highest BCUT2D eigenvalue weighted by Crippen LogP contribution is 2.25. The molecule has 0 saturated heterocycles. The Balaban J connectivity index is 3.35. The molecule has 1 aromatic heterocycles. The van der Waals surface area contributed by atoms with E-state index in [2.05, 4.69) is 6.58 Å². The van der Waals surface area contributed by atoms with Gasteiger partial charge in [-0.15, -0.1) is 6.58 Å². The minimum absolute atomic E-state index is 0.109. The zero-order valence-electron chi connectivity index (χ0n) is 16.9. The monoisotopic (exact) mass is 362 g/mol. The molecule has 1 heterocycles. The summed E-state index contributed by atoms with van der Waals surface area (Å²) in [4.78, 5) is 39.4. The average molecular weight is 362 g/mol. The lowest BCUT2D eigenvalue weighted by atomic mass is 9.99. The first-order chi connectivity index (χ1) is 12.1. The van der Waals surface area contributed by atoms with Gasteiger partial charge in [0.1, 0.15) is 5.69 Å². The second-order valence-electron chi connectivity index (χ2n) is 6.69. The van der Waals surface area contributed by atoms with Crippen molar-refractivity contribution in [2.75, 3.05) is 13.2 Å². The maximum atomic E-state index is 13.2. The molecule has 1 amide bonds. The smallest absolute Gasteiger partial charge is 0.355 e. The Morgan fingerprint density at radius 2 is 1.81 bits per heavy atom. The average Bonchev–Trinajstić information content (AvgIpc) is 2.80. The summed E-state index contributed by atoms with van der Waals surface area (Å²) in [6.07, 6.45) is 1.61. The molecule has 6 nitrogen and oxygen atoms in total. The quantitative estimate of drug-likeness (QED) is 0.405. The zero-order valence-corrected chi connectivity index (χ0v) is 16.9. The molecular weight excluding hydrogens is 332 g/mol. The van der Waals surface area contributed by atoms with Gasteiger partial charge in [-0.3, -0.25) is 9.59 Å². The van der Waals surface area contributed by atoms with Crippen LogP contribution in [0.25, 0.3) is 0 Å². The number of ketones is 1. The second-order valence-corrected chi connectivity index (χ2v) is 6.69. The van der Waals surface area contributed by atoms with Crippen LogP contribution >= 0.6 is 0 Å². The zero-order chi connectivity index (χ0) is 20.2. The van der Waals surface area contributed by atoms with Gasteiger partial charge in [-0.05, 0) is 33.3 Å². The first kappa shape index (κ1) is 21.7. The van der Waals surface area contributed by atoms with Gasteiger partial charge in [0.25, 0.3) is 0 Å². The number of ether oxygens (including phenoxy) is 1. The minimum Gasteiger partial charge on any atom is -0.461 e. The van der Waals surface area contributed by atoms with E-state index in [1.165, 1.54) is 4.90 Å². The third-order valence-corrected chi connectivity index (χ3v) is 4.60. The Bertz CT molecular complexity index is 716. The number of amides is 1. The fraction of sp³-hybridized carbons (Fsp3) is 0.550. The number of aromatic nitrogens is 1. The van der Waals surface area contributed by atoms with Crippen LogP contribution in [0.5, 0.6) is 0 Å². The molecule has 26 heavy (non-hydrogen) atoms. The summed E-state index contributed by atoms with van der Waals surface area (Å²) >= 11 is 0. The Morgan fingerprint density at radius 1 is 1.23 bits per heavy atom. The number of esters is 1. The number of nitrogens with zero attached hydrogens (tertiary/aromatic N) is 2. The van der Waals surface area contributed by atoms with Gasteiger partial charge in [-0.1, -0.05) is 19.9 Å². The molecule has 0 saturated carbocycles. The van der Waals surface area contributed by atoms with Crippen molar-refractivity contribution in [3.8, 4) is 0 Å². The largest absolute Gasteiger partial charge is 0.461 e. The fourth-order valence-corrected chi connectivity index (χ4v) is 3.09. The summed E-state index contributed by atoms with van der Waals surface area (Å²) in [5.74, 6) is -0.980. The van der Waals surface area contributed by atoms with Crippen LogP contribution in [0, 0.1) is 19.8 Å².